The van der Waals surface area contributed by atoms with Crippen LogP contribution in [0.3, 0.4) is 0 Å². The fourth-order valence-corrected chi connectivity index (χ4v) is 1.83. The van der Waals surface area contributed by atoms with Crippen LogP contribution in [0.25, 0.3) is 0 Å². The number of rotatable bonds is 5. The minimum absolute atomic E-state index is 0.0647. The van der Waals surface area contributed by atoms with Crippen molar-refractivity contribution in [1.82, 2.24) is 0 Å². The molecule has 5 heteroatoms. The molecule has 0 aliphatic carbocycles. The van der Waals surface area contributed by atoms with Crippen molar-refractivity contribution in [3.8, 4) is 5.75 Å². The molecular weight excluding hydrogens is 276 g/mol. The predicted molar refractivity (Wildman–Crippen MR) is 62.5 cm³/mol. The summed E-state index contributed by atoms with van der Waals surface area (Å²) in [5, 5.41) is 18.4. The van der Waals surface area contributed by atoms with Crippen LogP contribution >= 0.6 is 15.9 Å². The van der Waals surface area contributed by atoms with Crippen LogP contribution in [0, 0.1) is 0 Å². The Morgan fingerprint density at radius 3 is 2.81 bits per heavy atom. The molecule has 1 rings (SSSR count). The first-order valence-corrected chi connectivity index (χ1v) is 5.57. The number of aliphatic carboxylic acids is 1. The van der Waals surface area contributed by atoms with Crippen LogP contribution < -0.4 is 4.74 Å². The molecule has 0 aliphatic heterocycles. The maximum absolute atomic E-state index is 10.4. The van der Waals surface area contributed by atoms with Gasteiger partial charge in [0.05, 0.1) is 13.2 Å². The van der Waals surface area contributed by atoms with Gasteiger partial charge in [-0.05, 0) is 30.2 Å². The van der Waals surface area contributed by atoms with E-state index in [0.717, 1.165) is 4.47 Å². The van der Waals surface area contributed by atoms with Gasteiger partial charge in [-0.15, -0.1) is 0 Å². The van der Waals surface area contributed by atoms with E-state index < -0.39 is 12.1 Å². The first-order valence-electron chi connectivity index (χ1n) is 4.78. The number of hydrogen-bond acceptors (Lipinski definition) is 3. The van der Waals surface area contributed by atoms with Gasteiger partial charge < -0.3 is 14.9 Å². The molecule has 0 aliphatic rings. The van der Waals surface area contributed by atoms with Crippen molar-refractivity contribution in [3.05, 3.63) is 28.2 Å². The van der Waals surface area contributed by atoms with E-state index in [-0.39, 0.29) is 12.8 Å². The Kier molecular flexibility index (Phi) is 4.76. The Balaban J connectivity index is 2.80. The minimum Gasteiger partial charge on any atom is -0.497 e. The number of aliphatic hydroxyl groups excluding tert-OH is 1. The lowest BCUT2D eigenvalue weighted by Gasteiger charge is -2.13. The summed E-state index contributed by atoms with van der Waals surface area (Å²) in [7, 11) is 1.54. The number of benzene rings is 1. The van der Waals surface area contributed by atoms with Gasteiger partial charge in [0.15, 0.2) is 0 Å². The molecule has 1 aromatic carbocycles. The van der Waals surface area contributed by atoms with Gasteiger partial charge in [-0.25, -0.2) is 0 Å². The predicted octanol–water partition coefficient (Wildman–Crippen LogP) is 2.36. The van der Waals surface area contributed by atoms with Crippen molar-refractivity contribution in [2.45, 2.75) is 18.9 Å². The normalized spacial score (nSPS) is 12.2. The quantitative estimate of drug-likeness (QED) is 0.873. The largest absolute Gasteiger partial charge is 0.497 e. The van der Waals surface area contributed by atoms with Crippen molar-refractivity contribution in [2.24, 2.45) is 0 Å². The van der Waals surface area contributed by atoms with Crippen molar-refractivity contribution in [2.75, 3.05) is 7.11 Å². The molecule has 0 saturated heterocycles. The third-order valence-corrected chi connectivity index (χ3v) is 2.92. The summed E-state index contributed by atoms with van der Waals surface area (Å²) in [6, 6.07) is 5.21. The number of hydrogen-bond donors (Lipinski definition) is 2. The topological polar surface area (TPSA) is 66.8 Å². The maximum Gasteiger partial charge on any atom is 0.303 e. The fraction of sp³-hybridized carbons (Fsp3) is 0.364. The molecular formula is C11H13BrO4. The molecule has 0 aromatic heterocycles. The first-order chi connectivity index (χ1) is 7.54. The second kappa shape index (κ2) is 5.86. The van der Waals surface area contributed by atoms with Crippen molar-refractivity contribution < 1.29 is 19.7 Å². The van der Waals surface area contributed by atoms with Crippen LogP contribution in [0.4, 0.5) is 0 Å². The molecule has 0 fully saturated rings. The highest BCUT2D eigenvalue weighted by molar-refractivity contribution is 9.10. The van der Waals surface area contributed by atoms with Crippen LogP contribution in [-0.2, 0) is 4.79 Å². The number of carboxylic acids is 1. The van der Waals surface area contributed by atoms with E-state index in [1.165, 1.54) is 7.11 Å². The minimum atomic E-state index is -0.918. The standard InChI is InChI=1S/C11H13BrO4/c1-16-7-2-3-9(12)8(6-7)10(13)4-5-11(14)15/h2-3,6,10,13H,4-5H2,1H3,(H,14,15). The van der Waals surface area contributed by atoms with E-state index in [0.29, 0.717) is 11.3 Å². The van der Waals surface area contributed by atoms with Gasteiger partial charge in [-0.1, -0.05) is 15.9 Å². The van der Waals surface area contributed by atoms with E-state index in [9.17, 15) is 9.90 Å². The number of aliphatic hydroxyl groups is 1. The lowest BCUT2D eigenvalue weighted by molar-refractivity contribution is -0.137. The Hall–Kier alpha value is -1.07. The monoisotopic (exact) mass is 288 g/mol. The van der Waals surface area contributed by atoms with Crippen LogP contribution in [0.2, 0.25) is 0 Å². The zero-order chi connectivity index (χ0) is 12.1. The second-order valence-electron chi connectivity index (χ2n) is 3.34. The van der Waals surface area contributed by atoms with Gasteiger partial charge in [0.25, 0.3) is 0 Å². The van der Waals surface area contributed by atoms with Crippen LogP contribution in [0.5, 0.6) is 5.75 Å². The molecule has 0 heterocycles. The second-order valence-corrected chi connectivity index (χ2v) is 4.19. The fourth-order valence-electron chi connectivity index (χ4n) is 1.32. The third-order valence-electron chi connectivity index (χ3n) is 2.19. The van der Waals surface area contributed by atoms with E-state index in [1.54, 1.807) is 18.2 Å². The van der Waals surface area contributed by atoms with Gasteiger partial charge in [0.2, 0.25) is 0 Å². The molecule has 88 valence electrons. The molecule has 0 bridgehead atoms. The molecule has 2 N–H and O–H groups in total. The van der Waals surface area contributed by atoms with E-state index in [4.69, 9.17) is 9.84 Å². The highest BCUT2D eigenvalue weighted by Gasteiger charge is 2.13. The highest BCUT2D eigenvalue weighted by Crippen LogP contribution is 2.29. The van der Waals surface area contributed by atoms with Gasteiger partial charge in [-0.2, -0.15) is 0 Å². The molecule has 0 spiro atoms. The lowest BCUT2D eigenvalue weighted by atomic mass is 10.0. The lowest BCUT2D eigenvalue weighted by Crippen LogP contribution is -2.03. The van der Waals surface area contributed by atoms with Crippen molar-refractivity contribution in [3.63, 3.8) is 0 Å². The van der Waals surface area contributed by atoms with Gasteiger partial charge in [0, 0.05) is 10.9 Å². The third kappa shape index (κ3) is 3.50. The molecule has 0 radical (unpaired) electrons. The zero-order valence-electron chi connectivity index (χ0n) is 8.81. The summed E-state index contributed by atoms with van der Waals surface area (Å²) in [4.78, 5) is 10.4. The Morgan fingerprint density at radius 2 is 2.25 bits per heavy atom. The molecule has 4 nitrogen and oxygen atoms in total. The maximum atomic E-state index is 10.4. The average molecular weight is 289 g/mol. The highest BCUT2D eigenvalue weighted by atomic mass is 79.9. The molecule has 0 amide bonds. The van der Waals surface area contributed by atoms with E-state index >= 15 is 0 Å². The number of methoxy groups -OCH3 is 1. The van der Waals surface area contributed by atoms with E-state index in [2.05, 4.69) is 15.9 Å². The summed E-state index contributed by atoms with van der Waals surface area (Å²) in [5.74, 6) is -0.286. The summed E-state index contributed by atoms with van der Waals surface area (Å²) in [6.45, 7) is 0. The van der Waals surface area contributed by atoms with E-state index in [1.807, 2.05) is 0 Å². The van der Waals surface area contributed by atoms with Crippen molar-refractivity contribution in [1.29, 1.82) is 0 Å². The Bertz CT molecular complexity index is 378. The Morgan fingerprint density at radius 1 is 1.56 bits per heavy atom. The Labute approximate surface area is 102 Å². The van der Waals surface area contributed by atoms with Crippen LogP contribution in [-0.4, -0.2) is 23.3 Å². The summed E-state index contributed by atoms with van der Waals surface area (Å²) in [6.07, 6.45) is -0.688. The molecule has 1 aromatic rings. The number of carboxylic acid groups (broad SMARTS) is 1. The smallest absolute Gasteiger partial charge is 0.303 e. The SMILES string of the molecule is COc1ccc(Br)c(C(O)CCC(=O)O)c1. The zero-order valence-corrected chi connectivity index (χ0v) is 10.4. The number of halogens is 1. The summed E-state index contributed by atoms with van der Waals surface area (Å²) in [5.41, 5.74) is 0.639. The van der Waals surface area contributed by atoms with Gasteiger partial charge in [0.1, 0.15) is 5.75 Å². The van der Waals surface area contributed by atoms with Crippen molar-refractivity contribution >= 4 is 21.9 Å². The van der Waals surface area contributed by atoms with Crippen LogP contribution in [0.15, 0.2) is 22.7 Å². The molecule has 1 atom stereocenters. The van der Waals surface area contributed by atoms with Crippen LogP contribution in [0.1, 0.15) is 24.5 Å². The van der Waals surface area contributed by atoms with Gasteiger partial charge >= 0.3 is 5.97 Å². The molecule has 1 unspecified atom stereocenters. The average Bonchev–Trinajstić information content (AvgIpc) is 2.26. The van der Waals surface area contributed by atoms with Gasteiger partial charge in [-0.3, -0.25) is 4.79 Å². The molecule has 0 saturated carbocycles. The first kappa shape index (κ1) is 13.0. The molecule has 16 heavy (non-hydrogen) atoms. The summed E-state index contributed by atoms with van der Waals surface area (Å²) < 4.78 is 5.78. The number of carbonyl (C=O) groups is 1. The summed E-state index contributed by atoms with van der Waals surface area (Å²) >= 11 is 3.30. The number of ether oxygens (including phenoxy) is 1.